The fourth-order valence-corrected chi connectivity index (χ4v) is 0.712. The van der Waals surface area contributed by atoms with Gasteiger partial charge in [0.25, 0.3) is 0 Å². The molecule has 0 aromatic carbocycles. The Morgan fingerprint density at radius 3 is 3.09 bits per heavy atom. The van der Waals surface area contributed by atoms with Gasteiger partial charge in [-0.05, 0) is 6.92 Å². The van der Waals surface area contributed by atoms with Gasteiger partial charge in [-0.1, -0.05) is 24.3 Å². The lowest BCUT2D eigenvalue weighted by molar-refractivity contribution is 0.509. The van der Waals surface area contributed by atoms with Crippen LogP contribution in [0.25, 0.3) is 0 Å². The quantitative estimate of drug-likeness (QED) is 0.616. The van der Waals surface area contributed by atoms with Gasteiger partial charge in [0, 0.05) is 6.42 Å². The van der Waals surface area contributed by atoms with E-state index in [4.69, 9.17) is 4.42 Å². The van der Waals surface area contributed by atoms with Crippen LogP contribution in [0, 0.1) is 0 Å². The Morgan fingerprint density at radius 1 is 1.55 bits per heavy atom. The number of rotatable bonds is 3. The molecular formula is C9H11NO. The minimum absolute atomic E-state index is 0.755. The molecule has 0 atom stereocenters. The molecule has 58 valence electrons. The third kappa shape index (κ3) is 2.85. The third-order valence-corrected chi connectivity index (χ3v) is 1.22. The van der Waals surface area contributed by atoms with Crippen molar-refractivity contribution >= 4 is 0 Å². The minimum Gasteiger partial charge on any atom is -0.449 e. The first-order valence-corrected chi connectivity index (χ1v) is 3.59. The van der Waals surface area contributed by atoms with Gasteiger partial charge in [0.05, 0.1) is 6.20 Å². The molecule has 0 saturated heterocycles. The molecule has 0 aliphatic rings. The van der Waals surface area contributed by atoms with E-state index in [-0.39, 0.29) is 0 Å². The van der Waals surface area contributed by atoms with Gasteiger partial charge >= 0.3 is 0 Å². The predicted molar refractivity (Wildman–Crippen MR) is 44.2 cm³/mol. The van der Waals surface area contributed by atoms with Crippen LogP contribution in [0.3, 0.4) is 0 Å². The molecule has 1 aromatic rings. The van der Waals surface area contributed by atoms with Crippen LogP contribution in [0.1, 0.15) is 12.8 Å². The predicted octanol–water partition coefficient (Wildman–Crippen LogP) is 2.35. The molecule has 1 heterocycles. The average molecular weight is 149 g/mol. The number of hydrogen-bond acceptors (Lipinski definition) is 2. The maximum Gasteiger partial charge on any atom is 0.197 e. The number of aromatic nitrogens is 1. The first-order chi connectivity index (χ1) is 5.43. The summed E-state index contributed by atoms with van der Waals surface area (Å²) in [5, 5.41) is 0. The highest BCUT2D eigenvalue weighted by Crippen LogP contribution is 1.95. The van der Waals surface area contributed by atoms with Gasteiger partial charge in [0.1, 0.15) is 6.26 Å². The third-order valence-electron chi connectivity index (χ3n) is 1.22. The van der Waals surface area contributed by atoms with Gasteiger partial charge in [-0.25, -0.2) is 4.98 Å². The molecule has 0 N–H and O–H groups in total. The smallest absolute Gasteiger partial charge is 0.197 e. The van der Waals surface area contributed by atoms with E-state index in [1.54, 1.807) is 12.5 Å². The lowest BCUT2D eigenvalue weighted by atomic mass is 10.3. The summed E-state index contributed by atoms with van der Waals surface area (Å²) < 4.78 is 5.03. The minimum atomic E-state index is 0.755. The van der Waals surface area contributed by atoms with E-state index in [0.717, 1.165) is 12.3 Å². The Bertz CT molecular complexity index is 234. The van der Waals surface area contributed by atoms with Crippen molar-refractivity contribution in [3.63, 3.8) is 0 Å². The number of hydrogen-bond donors (Lipinski definition) is 0. The van der Waals surface area contributed by atoms with Crippen LogP contribution in [0.15, 0.2) is 41.2 Å². The maximum atomic E-state index is 5.03. The summed E-state index contributed by atoms with van der Waals surface area (Å²) >= 11 is 0. The van der Waals surface area contributed by atoms with E-state index < -0.39 is 0 Å². The SMILES string of the molecule is CC=CC=CCc1ncco1. The molecular weight excluding hydrogens is 138 g/mol. The summed E-state index contributed by atoms with van der Waals surface area (Å²) in [5.74, 6) is 0.755. The van der Waals surface area contributed by atoms with E-state index in [1.165, 1.54) is 0 Å². The number of allylic oxidation sites excluding steroid dienone is 4. The molecule has 2 heteroatoms. The van der Waals surface area contributed by atoms with Crippen LogP contribution >= 0.6 is 0 Å². The van der Waals surface area contributed by atoms with E-state index in [2.05, 4.69) is 4.98 Å². The van der Waals surface area contributed by atoms with E-state index in [1.807, 2.05) is 31.2 Å². The van der Waals surface area contributed by atoms with E-state index >= 15 is 0 Å². The lowest BCUT2D eigenvalue weighted by Gasteiger charge is -1.82. The maximum absolute atomic E-state index is 5.03. The topological polar surface area (TPSA) is 26.0 Å². The highest BCUT2D eigenvalue weighted by atomic mass is 16.3. The van der Waals surface area contributed by atoms with Crippen molar-refractivity contribution in [2.24, 2.45) is 0 Å². The van der Waals surface area contributed by atoms with Gasteiger partial charge in [0.15, 0.2) is 5.89 Å². The Hall–Kier alpha value is -1.31. The molecule has 0 bridgehead atoms. The first-order valence-electron chi connectivity index (χ1n) is 3.59. The standard InChI is InChI=1S/C9H11NO/c1-2-3-4-5-6-9-10-7-8-11-9/h2-5,7-8H,6H2,1H3. The molecule has 1 rings (SSSR count). The zero-order chi connectivity index (χ0) is 7.94. The van der Waals surface area contributed by atoms with Crippen LogP contribution in [0.4, 0.5) is 0 Å². The van der Waals surface area contributed by atoms with Crippen LogP contribution in [0.2, 0.25) is 0 Å². The molecule has 0 unspecified atom stereocenters. The summed E-state index contributed by atoms with van der Waals surface area (Å²) in [6.45, 7) is 1.98. The molecule has 0 radical (unpaired) electrons. The van der Waals surface area contributed by atoms with Crippen LogP contribution in [-0.2, 0) is 6.42 Å². The van der Waals surface area contributed by atoms with Crippen LogP contribution in [-0.4, -0.2) is 4.98 Å². The molecule has 0 spiro atoms. The molecule has 0 fully saturated rings. The molecule has 11 heavy (non-hydrogen) atoms. The van der Waals surface area contributed by atoms with Gasteiger partial charge in [0.2, 0.25) is 0 Å². The normalized spacial score (nSPS) is 11.7. The Balaban J connectivity index is 2.34. The van der Waals surface area contributed by atoms with E-state index in [0.29, 0.717) is 0 Å². The zero-order valence-corrected chi connectivity index (χ0v) is 6.53. The Morgan fingerprint density at radius 2 is 2.45 bits per heavy atom. The molecule has 0 amide bonds. The van der Waals surface area contributed by atoms with Gasteiger partial charge in [-0.2, -0.15) is 0 Å². The van der Waals surface area contributed by atoms with Gasteiger partial charge in [-0.3, -0.25) is 0 Å². The number of nitrogens with zero attached hydrogens (tertiary/aromatic N) is 1. The largest absolute Gasteiger partial charge is 0.449 e. The summed E-state index contributed by atoms with van der Waals surface area (Å²) in [7, 11) is 0. The highest BCUT2D eigenvalue weighted by Gasteiger charge is 1.89. The Kier molecular flexibility index (Phi) is 3.19. The average Bonchev–Trinajstić information content (AvgIpc) is 2.50. The van der Waals surface area contributed by atoms with Crippen molar-refractivity contribution < 1.29 is 4.42 Å². The summed E-state index contributed by atoms with van der Waals surface area (Å²) in [4.78, 5) is 3.97. The molecule has 0 saturated carbocycles. The lowest BCUT2D eigenvalue weighted by Crippen LogP contribution is -1.77. The van der Waals surface area contributed by atoms with Gasteiger partial charge in [-0.15, -0.1) is 0 Å². The second-order valence-corrected chi connectivity index (χ2v) is 2.08. The van der Waals surface area contributed by atoms with Crippen molar-refractivity contribution in [3.05, 3.63) is 42.7 Å². The highest BCUT2D eigenvalue weighted by molar-refractivity contribution is 5.03. The molecule has 2 nitrogen and oxygen atoms in total. The summed E-state index contributed by atoms with van der Waals surface area (Å²) in [5.41, 5.74) is 0. The fourth-order valence-electron chi connectivity index (χ4n) is 0.712. The van der Waals surface area contributed by atoms with E-state index in [9.17, 15) is 0 Å². The monoisotopic (exact) mass is 149 g/mol. The number of oxazole rings is 1. The van der Waals surface area contributed by atoms with Gasteiger partial charge < -0.3 is 4.42 Å². The zero-order valence-electron chi connectivity index (χ0n) is 6.53. The summed E-state index contributed by atoms with van der Waals surface area (Å²) in [6.07, 6.45) is 11.9. The van der Waals surface area contributed by atoms with Crippen LogP contribution < -0.4 is 0 Å². The molecule has 0 aliphatic carbocycles. The van der Waals surface area contributed by atoms with Crippen molar-refractivity contribution in [3.8, 4) is 0 Å². The van der Waals surface area contributed by atoms with Crippen molar-refractivity contribution in [1.82, 2.24) is 4.98 Å². The van der Waals surface area contributed by atoms with Crippen molar-refractivity contribution in [2.45, 2.75) is 13.3 Å². The summed E-state index contributed by atoms with van der Waals surface area (Å²) in [6, 6.07) is 0. The van der Waals surface area contributed by atoms with Crippen molar-refractivity contribution in [2.75, 3.05) is 0 Å². The second-order valence-electron chi connectivity index (χ2n) is 2.08. The second kappa shape index (κ2) is 4.50. The fraction of sp³-hybridized carbons (Fsp3) is 0.222. The Labute approximate surface area is 66.3 Å². The van der Waals surface area contributed by atoms with Crippen molar-refractivity contribution in [1.29, 1.82) is 0 Å². The molecule has 0 aliphatic heterocycles. The van der Waals surface area contributed by atoms with Crippen LogP contribution in [0.5, 0.6) is 0 Å². The first kappa shape index (κ1) is 7.79. The molecule has 1 aromatic heterocycles.